The lowest BCUT2D eigenvalue weighted by molar-refractivity contribution is -0.141. The van der Waals surface area contributed by atoms with Crippen LogP contribution in [0, 0.1) is 5.92 Å². The highest BCUT2D eigenvalue weighted by Gasteiger charge is 2.47. The minimum Gasteiger partial charge on any atom is -0.491 e. The van der Waals surface area contributed by atoms with Crippen LogP contribution in [0.15, 0.2) is 24.3 Å². The minimum absolute atomic E-state index is 0.0421. The van der Waals surface area contributed by atoms with Crippen LogP contribution in [0.5, 0.6) is 5.75 Å². The number of methoxy groups -OCH3 is 1. The molecule has 0 aromatic heterocycles. The molecule has 1 amide bonds. The van der Waals surface area contributed by atoms with E-state index in [0.29, 0.717) is 36.9 Å². The van der Waals surface area contributed by atoms with Crippen molar-refractivity contribution in [3.63, 3.8) is 0 Å². The summed E-state index contributed by atoms with van der Waals surface area (Å²) in [7, 11) is 1.60. The average Bonchev–Trinajstić information content (AvgIpc) is 3.01. The summed E-state index contributed by atoms with van der Waals surface area (Å²) in [5.41, 5.74) is 0.479. The van der Waals surface area contributed by atoms with Gasteiger partial charge in [0.1, 0.15) is 18.4 Å². The molecule has 1 aliphatic heterocycles. The number of carbonyl (C=O) groups is 2. The molecule has 0 bridgehead atoms. The van der Waals surface area contributed by atoms with Gasteiger partial charge in [0.05, 0.1) is 6.61 Å². The molecule has 3 rings (SSSR count). The zero-order chi connectivity index (χ0) is 17.8. The van der Waals surface area contributed by atoms with Gasteiger partial charge in [0, 0.05) is 18.7 Å². The number of fused-ring (bicyclic) bond motifs is 1. The molecule has 1 N–H and O–H groups in total. The lowest BCUT2D eigenvalue weighted by Crippen LogP contribution is -2.46. The molecule has 25 heavy (non-hydrogen) atoms. The molecular formula is C19H25NO5. The van der Waals surface area contributed by atoms with Crippen LogP contribution in [0.4, 0.5) is 0 Å². The van der Waals surface area contributed by atoms with Crippen molar-refractivity contribution >= 4 is 11.9 Å². The van der Waals surface area contributed by atoms with Crippen molar-refractivity contribution in [2.75, 3.05) is 20.3 Å². The van der Waals surface area contributed by atoms with Crippen LogP contribution in [0.3, 0.4) is 0 Å². The number of hydrogen-bond acceptors (Lipinski definition) is 4. The smallest absolute Gasteiger partial charge is 0.326 e. The Morgan fingerprint density at radius 2 is 2.04 bits per heavy atom. The van der Waals surface area contributed by atoms with E-state index in [2.05, 4.69) is 0 Å². The normalized spacial score (nSPS) is 25.5. The molecule has 3 atom stereocenters. The van der Waals surface area contributed by atoms with Crippen LogP contribution < -0.4 is 4.74 Å². The zero-order valence-electron chi connectivity index (χ0n) is 14.5. The fraction of sp³-hybridized carbons (Fsp3) is 0.579. The zero-order valence-corrected chi connectivity index (χ0v) is 14.5. The maximum Gasteiger partial charge on any atom is 0.326 e. The fourth-order valence-electron chi connectivity index (χ4n) is 4.08. The quantitative estimate of drug-likeness (QED) is 0.801. The standard InChI is InChI=1S/C19H25NO5/c1-24-9-10-25-15-7-4-6-14(11-15)18(21)20-16-8-3-2-5-13(16)12-17(20)19(22)23/h4,6-7,11,13,16-17H,2-3,5,8-10,12H2,1H3,(H,22,23)/t13-,16-,17+/m1/s1. The van der Waals surface area contributed by atoms with Gasteiger partial charge in [-0.05, 0) is 43.4 Å². The van der Waals surface area contributed by atoms with Crippen molar-refractivity contribution in [1.82, 2.24) is 4.90 Å². The number of aliphatic carboxylic acids is 1. The predicted octanol–water partition coefficient (Wildman–Crippen LogP) is 2.57. The summed E-state index contributed by atoms with van der Waals surface area (Å²) in [6.07, 6.45) is 4.65. The first-order valence-electron chi connectivity index (χ1n) is 8.89. The van der Waals surface area contributed by atoms with E-state index in [1.807, 2.05) is 0 Å². The van der Waals surface area contributed by atoms with Gasteiger partial charge in [-0.1, -0.05) is 18.9 Å². The SMILES string of the molecule is COCCOc1cccc(C(=O)N2[C@@H]3CCCC[C@@H]3C[C@H]2C(=O)O)c1. The minimum atomic E-state index is -0.907. The molecule has 2 aliphatic rings. The molecule has 6 heteroatoms. The van der Waals surface area contributed by atoms with Gasteiger partial charge in [-0.3, -0.25) is 4.79 Å². The van der Waals surface area contributed by atoms with E-state index < -0.39 is 12.0 Å². The van der Waals surface area contributed by atoms with Crippen molar-refractivity contribution in [3.8, 4) is 5.75 Å². The molecule has 0 spiro atoms. The second kappa shape index (κ2) is 7.87. The number of benzene rings is 1. The van der Waals surface area contributed by atoms with Gasteiger partial charge in [0.15, 0.2) is 0 Å². The monoisotopic (exact) mass is 347 g/mol. The fourth-order valence-corrected chi connectivity index (χ4v) is 4.08. The predicted molar refractivity (Wildman–Crippen MR) is 91.8 cm³/mol. The third-order valence-electron chi connectivity index (χ3n) is 5.24. The summed E-state index contributed by atoms with van der Waals surface area (Å²) in [5, 5.41) is 9.59. The van der Waals surface area contributed by atoms with E-state index in [9.17, 15) is 14.7 Å². The Bertz CT molecular complexity index is 632. The Balaban J connectivity index is 1.80. The Morgan fingerprint density at radius 3 is 2.80 bits per heavy atom. The largest absolute Gasteiger partial charge is 0.491 e. The van der Waals surface area contributed by atoms with Gasteiger partial charge in [0.25, 0.3) is 5.91 Å². The molecule has 1 aromatic carbocycles. The number of carbonyl (C=O) groups excluding carboxylic acids is 1. The molecule has 1 saturated carbocycles. The lowest BCUT2D eigenvalue weighted by Gasteiger charge is -2.33. The second-order valence-electron chi connectivity index (χ2n) is 6.78. The molecule has 0 unspecified atom stereocenters. The van der Waals surface area contributed by atoms with Crippen molar-refractivity contribution in [1.29, 1.82) is 0 Å². The lowest BCUT2D eigenvalue weighted by atomic mass is 9.84. The van der Waals surface area contributed by atoms with Gasteiger partial charge in [-0.15, -0.1) is 0 Å². The maximum absolute atomic E-state index is 13.1. The van der Waals surface area contributed by atoms with Crippen LogP contribution in [0.1, 0.15) is 42.5 Å². The summed E-state index contributed by atoms with van der Waals surface area (Å²) in [6.45, 7) is 0.870. The van der Waals surface area contributed by atoms with Crippen LogP contribution in [0.25, 0.3) is 0 Å². The molecule has 1 heterocycles. The summed E-state index contributed by atoms with van der Waals surface area (Å²) in [4.78, 5) is 26.4. The van der Waals surface area contributed by atoms with Gasteiger partial charge >= 0.3 is 5.97 Å². The van der Waals surface area contributed by atoms with Crippen molar-refractivity contribution in [2.24, 2.45) is 5.92 Å². The molecular weight excluding hydrogens is 322 g/mol. The Morgan fingerprint density at radius 1 is 1.24 bits per heavy atom. The number of ether oxygens (including phenoxy) is 2. The van der Waals surface area contributed by atoms with Gasteiger partial charge < -0.3 is 19.5 Å². The van der Waals surface area contributed by atoms with Gasteiger partial charge in [-0.2, -0.15) is 0 Å². The molecule has 6 nitrogen and oxygen atoms in total. The number of likely N-dealkylation sites (tertiary alicyclic amines) is 1. The Hall–Kier alpha value is -2.08. The highest BCUT2D eigenvalue weighted by atomic mass is 16.5. The number of carboxylic acids is 1. The van der Waals surface area contributed by atoms with Crippen molar-refractivity contribution < 1.29 is 24.2 Å². The summed E-state index contributed by atoms with van der Waals surface area (Å²) >= 11 is 0. The van der Waals surface area contributed by atoms with Crippen LogP contribution in [0.2, 0.25) is 0 Å². The Kier molecular flexibility index (Phi) is 5.58. The van der Waals surface area contributed by atoms with E-state index in [0.717, 1.165) is 25.7 Å². The number of carboxylic acid groups (broad SMARTS) is 1. The first kappa shape index (κ1) is 17.7. The maximum atomic E-state index is 13.1. The molecule has 136 valence electrons. The van der Waals surface area contributed by atoms with E-state index >= 15 is 0 Å². The molecule has 1 aromatic rings. The molecule has 0 radical (unpaired) electrons. The van der Waals surface area contributed by atoms with Crippen molar-refractivity contribution in [3.05, 3.63) is 29.8 Å². The van der Waals surface area contributed by atoms with E-state index in [-0.39, 0.29) is 11.9 Å². The van der Waals surface area contributed by atoms with Crippen molar-refractivity contribution in [2.45, 2.75) is 44.2 Å². The Labute approximate surface area is 147 Å². The molecule has 1 saturated heterocycles. The number of hydrogen-bond donors (Lipinski definition) is 1. The topological polar surface area (TPSA) is 76.1 Å². The molecule has 1 aliphatic carbocycles. The van der Waals surface area contributed by atoms with E-state index in [1.54, 1.807) is 36.3 Å². The van der Waals surface area contributed by atoms with Crippen LogP contribution in [-0.2, 0) is 9.53 Å². The third-order valence-corrected chi connectivity index (χ3v) is 5.24. The third kappa shape index (κ3) is 3.79. The van der Waals surface area contributed by atoms with E-state index in [1.165, 1.54) is 0 Å². The highest BCUT2D eigenvalue weighted by molar-refractivity contribution is 5.97. The first-order valence-corrected chi connectivity index (χ1v) is 8.89. The van der Waals surface area contributed by atoms with E-state index in [4.69, 9.17) is 9.47 Å². The highest BCUT2D eigenvalue weighted by Crippen LogP contribution is 2.40. The molecule has 2 fully saturated rings. The first-order chi connectivity index (χ1) is 12.1. The number of rotatable bonds is 6. The average molecular weight is 347 g/mol. The summed E-state index contributed by atoms with van der Waals surface area (Å²) in [5.74, 6) is -0.219. The van der Waals surface area contributed by atoms with Crippen LogP contribution >= 0.6 is 0 Å². The van der Waals surface area contributed by atoms with Gasteiger partial charge in [0.2, 0.25) is 0 Å². The van der Waals surface area contributed by atoms with Gasteiger partial charge in [-0.25, -0.2) is 4.79 Å². The number of amides is 1. The second-order valence-corrected chi connectivity index (χ2v) is 6.78. The summed E-state index contributed by atoms with van der Waals surface area (Å²) in [6, 6.07) is 6.28. The number of nitrogens with zero attached hydrogens (tertiary/aromatic N) is 1. The van der Waals surface area contributed by atoms with Crippen LogP contribution in [-0.4, -0.2) is 54.3 Å². The summed E-state index contributed by atoms with van der Waals surface area (Å²) < 4.78 is 10.5.